The third-order valence-electron chi connectivity index (χ3n) is 4.41. The highest BCUT2D eigenvalue weighted by Gasteiger charge is 2.34. The first-order valence-corrected chi connectivity index (χ1v) is 9.01. The van der Waals surface area contributed by atoms with Crippen molar-refractivity contribution in [1.29, 1.82) is 0 Å². The van der Waals surface area contributed by atoms with E-state index in [1.165, 1.54) is 0 Å². The van der Waals surface area contributed by atoms with Gasteiger partial charge >= 0.3 is 0 Å². The highest BCUT2D eigenvalue weighted by atomic mass is 16.5. The second-order valence-electron chi connectivity index (χ2n) is 7.02. The minimum Gasteiger partial charge on any atom is -0.425 e. The predicted molar refractivity (Wildman–Crippen MR) is 93.1 cm³/mol. The lowest BCUT2D eigenvalue weighted by Gasteiger charge is -2.21. The van der Waals surface area contributed by atoms with Gasteiger partial charge in [-0.25, -0.2) is 9.97 Å². The number of hydrogen-bond donors (Lipinski definition) is 1. The van der Waals surface area contributed by atoms with E-state index in [1.54, 1.807) is 12.3 Å². The number of carbonyl (C=O) groups is 1. The fraction of sp³-hybridized carbons (Fsp3) is 0.611. The van der Waals surface area contributed by atoms with Crippen molar-refractivity contribution in [2.24, 2.45) is 0 Å². The molecule has 26 heavy (non-hydrogen) atoms. The molecule has 0 radical (unpaired) electrons. The van der Waals surface area contributed by atoms with E-state index < -0.39 is 5.60 Å². The Labute approximate surface area is 152 Å². The van der Waals surface area contributed by atoms with Crippen molar-refractivity contribution in [3.63, 3.8) is 0 Å². The molecule has 0 unspecified atom stereocenters. The molecule has 0 bridgehead atoms. The number of hydrogen-bond acceptors (Lipinski definition) is 7. The molecule has 1 fully saturated rings. The maximum absolute atomic E-state index is 12.1. The number of nitrogens with zero attached hydrogens (tertiary/aromatic N) is 4. The summed E-state index contributed by atoms with van der Waals surface area (Å²) in [6.45, 7) is 7.06. The molecule has 1 saturated heterocycles. The van der Waals surface area contributed by atoms with E-state index in [0.717, 1.165) is 25.1 Å². The first-order valence-electron chi connectivity index (χ1n) is 9.01. The third kappa shape index (κ3) is 4.43. The van der Waals surface area contributed by atoms with Crippen LogP contribution in [-0.4, -0.2) is 32.7 Å². The number of aryl methyl sites for hydroxylation is 1. The Bertz CT molecular complexity index is 753. The van der Waals surface area contributed by atoms with E-state index in [9.17, 15) is 4.79 Å². The van der Waals surface area contributed by atoms with Crippen LogP contribution in [0.2, 0.25) is 0 Å². The molecule has 0 aliphatic carbocycles. The van der Waals surface area contributed by atoms with Crippen LogP contribution >= 0.6 is 0 Å². The zero-order valence-electron chi connectivity index (χ0n) is 15.5. The molecule has 0 spiro atoms. The Kier molecular flexibility index (Phi) is 5.61. The second-order valence-corrected chi connectivity index (χ2v) is 7.02. The summed E-state index contributed by atoms with van der Waals surface area (Å²) in [5, 5.41) is 10.8. The lowest BCUT2D eigenvalue weighted by molar-refractivity contribution is -0.121. The molecule has 1 N–H and O–H groups in total. The van der Waals surface area contributed by atoms with Gasteiger partial charge in [0.1, 0.15) is 5.60 Å². The standard InChI is InChI=1S/C18H25N5O3/c1-12(2)16-23-22-15(26-16)6-5-14(24)20-11-13-7-9-19-17(21-13)18(3)8-4-10-25-18/h7,9,12H,4-6,8,10-11H2,1-3H3,(H,20,24)/t18-/m1/s1. The third-order valence-corrected chi connectivity index (χ3v) is 4.41. The summed E-state index contributed by atoms with van der Waals surface area (Å²) in [6, 6.07) is 1.80. The first kappa shape index (κ1) is 18.4. The van der Waals surface area contributed by atoms with Gasteiger partial charge in [0.05, 0.1) is 12.2 Å². The lowest BCUT2D eigenvalue weighted by atomic mass is 10.0. The van der Waals surface area contributed by atoms with E-state index in [0.29, 0.717) is 37.0 Å². The summed E-state index contributed by atoms with van der Waals surface area (Å²) in [5.41, 5.74) is 0.339. The molecular weight excluding hydrogens is 334 g/mol. The normalized spacial score (nSPS) is 19.8. The summed E-state index contributed by atoms with van der Waals surface area (Å²) in [7, 11) is 0. The van der Waals surface area contributed by atoms with Crippen molar-refractivity contribution in [2.45, 2.75) is 64.5 Å². The van der Waals surface area contributed by atoms with Crippen LogP contribution in [0.3, 0.4) is 0 Å². The molecule has 1 amide bonds. The van der Waals surface area contributed by atoms with Crippen molar-refractivity contribution in [3.05, 3.63) is 35.6 Å². The van der Waals surface area contributed by atoms with Crippen LogP contribution in [0.15, 0.2) is 16.7 Å². The molecule has 8 heteroatoms. The van der Waals surface area contributed by atoms with Gasteiger partial charge in [-0.2, -0.15) is 0 Å². The van der Waals surface area contributed by atoms with E-state index >= 15 is 0 Å². The van der Waals surface area contributed by atoms with Crippen molar-refractivity contribution >= 4 is 5.91 Å². The summed E-state index contributed by atoms with van der Waals surface area (Å²) in [4.78, 5) is 20.9. The van der Waals surface area contributed by atoms with E-state index in [1.807, 2.05) is 20.8 Å². The Hall–Kier alpha value is -2.35. The van der Waals surface area contributed by atoms with E-state index in [4.69, 9.17) is 9.15 Å². The molecule has 1 aliphatic rings. The molecule has 140 valence electrons. The zero-order chi connectivity index (χ0) is 18.6. The minimum absolute atomic E-state index is 0.0854. The van der Waals surface area contributed by atoms with E-state index in [2.05, 4.69) is 25.5 Å². The van der Waals surface area contributed by atoms with Crippen LogP contribution < -0.4 is 5.32 Å². The second kappa shape index (κ2) is 7.90. The van der Waals surface area contributed by atoms with Crippen LogP contribution in [0.1, 0.15) is 69.3 Å². The fourth-order valence-corrected chi connectivity index (χ4v) is 2.80. The van der Waals surface area contributed by atoms with Gasteiger partial charge in [0.2, 0.25) is 17.7 Å². The van der Waals surface area contributed by atoms with Crippen molar-refractivity contribution < 1.29 is 13.9 Å². The Balaban J connectivity index is 1.49. The topological polar surface area (TPSA) is 103 Å². The highest BCUT2D eigenvalue weighted by molar-refractivity contribution is 5.75. The molecular formula is C18H25N5O3. The number of ether oxygens (including phenoxy) is 1. The molecule has 1 atom stereocenters. The molecule has 3 rings (SSSR count). The van der Waals surface area contributed by atoms with Gasteiger partial charge in [0.15, 0.2) is 5.82 Å². The smallest absolute Gasteiger partial charge is 0.220 e. The van der Waals surface area contributed by atoms with Crippen LogP contribution in [0, 0.1) is 0 Å². The average molecular weight is 359 g/mol. The number of carbonyl (C=O) groups excluding carboxylic acids is 1. The van der Waals surface area contributed by atoms with Gasteiger partial charge in [-0.15, -0.1) is 10.2 Å². The lowest BCUT2D eigenvalue weighted by Crippen LogP contribution is -2.26. The van der Waals surface area contributed by atoms with Gasteiger partial charge in [-0.1, -0.05) is 13.8 Å². The SMILES string of the molecule is CC(C)c1nnc(CCC(=O)NCc2ccnc([C@@]3(C)CCCO3)n2)o1. The van der Waals surface area contributed by atoms with Gasteiger partial charge in [-0.3, -0.25) is 4.79 Å². The molecule has 2 aromatic rings. The van der Waals surface area contributed by atoms with Gasteiger partial charge in [-0.05, 0) is 25.8 Å². The average Bonchev–Trinajstić information content (AvgIpc) is 3.28. The largest absolute Gasteiger partial charge is 0.425 e. The van der Waals surface area contributed by atoms with Crippen molar-refractivity contribution in [3.8, 4) is 0 Å². The Morgan fingerprint density at radius 1 is 1.38 bits per heavy atom. The van der Waals surface area contributed by atoms with Gasteiger partial charge in [0, 0.05) is 31.6 Å². The first-order chi connectivity index (χ1) is 12.5. The molecule has 2 aromatic heterocycles. The number of rotatable bonds is 7. The van der Waals surface area contributed by atoms with Crippen LogP contribution in [0.5, 0.6) is 0 Å². The quantitative estimate of drug-likeness (QED) is 0.808. The molecule has 3 heterocycles. The monoisotopic (exact) mass is 359 g/mol. The Morgan fingerprint density at radius 3 is 2.92 bits per heavy atom. The van der Waals surface area contributed by atoms with Crippen LogP contribution in [-0.2, 0) is 28.1 Å². The van der Waals surface area contributed by atoms with Gasteiger partial charge in [0.25, 0.3) is 0 Å². The number of aromatic nitrogens is 4. The molecule has 8 nitrogen and oxygen atoms in total. The Morgan fingerprint density at radius 2 is 2.23 bits per heavy atom. The van der Waals surface area contributed by atoms with Gasteiger partial charge < -0.3 is 14.5 Å². The summed E-state index contributed by atoms with van der Waals surface area (Å²) >= 11 is 0. The van der Waals surface area contributed by atoms with Crippen LogP contribution in [0.4, 0.5) is 0 Å². The van der Waals surface area contributed by atoms with Crippen molar-refractivity contribution in [1.82, 2.24) is 25.5 Å². The summed E-state index contributed by atoms with van der Waals surface area (Å²) in [6.07, 6.45) is 4.34. The van der Waals surface area contributed by atoms with Crippen LogP contribution in [0.25, 0.3) is 0 Å². The maximum atomic E-state index is 12.1. The zero-order valence-corrected chi connectivity index (χ0v) is 15.5. The number of nitrogens with one attached hydrogen (secondary N) is 1. The molecule has 0 saturated carbocycles. The minimum atomic E-state index is -0.425. The predicted octanol–water partition coefficient (Wildman–Crippen LogP) is 2.26. The molecule has 1 aliphatic heterocycles. The highest BCUT2D eigenvalue weighted by Crippen LogP contribution is 2.33. The summed E-state index contributed by atoms with van der Waals surface area (Å²) in [5.74, 6) is 1.85. The van der Waals surface area contributed by atoms with E-state index in [-0.39, 0.29) is 11.8 Å². The van der Waals surface area contributed by atoms with Crippen molar-refractivity contribution in [2.75, 3.05) is 6.61 Å². The molecule has 0 aromatic carbocycles. The summed E-state index contributed by atoms with van der Waals surface area (Å²) < 4.78 is 11.3. The fourth-order valence-electron chi connectivity index (χ4n) is 2.80. The number of amides is 1. The maximum Gasteiger partial charge on any atom is 0.220 e.